The second kappa shape index (κ2) is 11.4. The van der Waals surface area contributed by atoms with Crippen LogP contribution in [-0.2, 0) is 29.0 Å². The summed E-state index contributed by atoms with van der Waals surface area (Å²) in [7, 11) is 0. The molecule has 5 rings (SSSR count). The van der Waals surface area contributed by atoms with Crippen LogP contribution in [0.2, 0.25) is 0 Å². The van der Waals surface area contributed by atoms with E-state index in [1.165, 1.54) is 0 Å². The highest BCUT2D eigenvalue weighted by molar-refractivity contribution is 6.02. The van der Waals surface area contributed by atoms with Crippen LogP contribution in [0.5, 0.6) is 0 Å². The Kier molecular flexibility index (Phi) is 7.78. The third-order valence-corrected chi connectivity index (χ3v) is 8.37. The average molecular weight is 542 g/mol. The van der Waals surface area contributed by atoms with Gasteiger partial charge in [-0.05, 0) is 60.2 Å². The molecule has 0 saturated carbocycles. The lowest BCUT2D eigenvalue weighted by Gasteiger charge is -2.54. The summed E-state index contributed by atoms with van der Waals surface area (Å²) in [5, 5.41) is 12.5. The van der Waals surface area contributed by atoms with Gasteiger partial charge in [-0.2, -0.15) is 0 Å². The number of carboxylic acids is 1. The van der Waals surface area contributed by atoms with E-state index in [1.54, 1.807) is 12.1 Å². The maximum absolute atomic E-state index is 13.6. The molecule has 0 aromatic heterocycles. The number of aromatic carboxylic acids is 1. The van der Waals surface area contributed by atoms with Crippen molar-refractivity contribution in [2.45, 2.75) is 52.3 Å². The van der Waals surface area contributed by atoms with E-state index in [1.807, 2.05) is 65.6 Å². The van der Waals surface area contributed by atoms with Gasteiger partial charge in [0.15, 0.2) is 0 Å². The number of ether oxygens (including phenoxy) is 1. The number of fused-ring (bicyclic) bond motifs is 2. The van der Waals surface area contributed by atoms with Crippen LogP contribution in [0.3, 0.4) is 0 Å². The fourth-order valence-electron chi connectivity index (χ4n) is 6.19. The number of anilines is 2. The monoisotopic (exact) mass is 541 g/mol. The number of nitrogens with one attached hydrogen (secondary N) is 1. The van der Waals surface area contributed by atoms with Crippen LogP contribution in [0.1, 0.15) is 53.7 Å². The molecule has 0 fully saturated rings. The lowest BCUT2D eigenvalue weighted by Crippen LogP contribution is -2.63. The van der Waals surface area contributed by atoms with E-state index in [-0.39, 0.29) is 36.2 Å². The van der Waals surface area contributed by atoms with Gasteiger partial charge in [0.25, 0.3) is 0 Å². The number of rotatable bonds is 9. The summed E-state index contributed by atoms with van der Waals surface area (Å²) in [6.45, 7) is 5.14. The number of carbonyl (C=O) groups excluding carboxylic acids is 2. The number of alkyl carbamates (subject to hydrolysis) is 1. The number of hydrogen-bond acceptors (Lipinski definition) is 5. The van der Waals surface area contributed by atoms with Gasteiger partial charge >= 0.3 is 12.1 Å². The first-order chi connectivity index (χ1) is 19.4. The number of carboxylic acid groups (broad SMARTS) is 1. The fraction of sp³-hybridized carbons (Fsp3) is 0.344. The van der Waals surface area contributed by atoms with Gasteiger partial charge in [-0.25, -0.2) is 9.59 Å². The van der Waals surface area contributed by atoms with Crippen LogP contribution < -0.4 is 15.1 Å². The summed E-state index contributed by atoms with van der Waals surface area (Å²) in [6, 6.07) is 22.6. The molecule has 1 atom stereocenters. The number of nitrogens with zero attached hydrogens (tertiary/aromatic N) is 2. The second-order valence-electron chi connectivity index (χ2n) is 10.5. The Morgan fingerprint density at radius 2 is 1.70 bits per heavy atom. The van der Waals surface area contributed by atoms with Crippen molar-refractivity contribution >= 4 is 29.3 Å². The topological polar surface area (TPSA) is 99.2 Å². The summed E-state index contributed by atoms with van der Waals surface area (Å²) in [6.07, 6.45) is 1.76. The lowest BCUT2D eigenvalue weighted by atomic mass is 9.70. The molecule has 0 spiro atoms. The van der Waals surface area contributed by atoms with Crippen molar-refractivity contribution in [3.63, 3.8) is 0 Å². The van der Waals surface area contributed by atoms with Gasteiger partial charge < -0.3 is 20.1 Å². The fourth-order valence-corrected chi connectivity index (χ4v) is 6.19. The number of hydrogen-bond donors (Lipinski definition) is 2. The molecule has 3 aromatic rings. The molecule has 2 amide bonds. The molecule has 0 radical (unpaired) electrons. The van der Waals surface area contributed by atoms with Crippen LogP contribution >= 0.6 is 0 Å². The molecule has 2 aliphatic heterocycles. The number of amides is 2. The smallest absolute Gasteiger partial charge is 0.407 e. The Labute approximate surface area is 234 Å². The van der Waals surface area contributed by atoms with Crippen molar-refractivity contribution in [3.05, 3.63) is 95.1 Å². The summed E-state index contributed by atoms with van der Waals surface area (Å²) in [5.41, 5.74) is 4.54. The zero-order valence-electron chi connectivity index (χ0n) is 22.9. The summed E-state index contributed by atoms with van der Waals surface area (Å²) in [4.78, 5) is 42.0. The van der Waals surface area contributed by atoms with E-state index in [2.05, 4.69) is 24.1 Å². The second-order valence-corrected chi connectivity index (χ2v) is 10.5. The largest absolute Gasteiger partial charge is 0.478 e. The summed E-state index contributed by atoms with van der Waals surface area (Å²) >= 11 is 0. The van der Waals surface area contributed by atoms with Gasteiger partial charge in [-0.15, -0.1) is 0 Å². The molecule has 2 aliphatic rings. The van der Waals surface area contributed by atoms with Gasteiger partial charge in [-0.3, -0.25) is 9.69 Å². The average Bonchev–Trinajstić information content (AvgIpc) is 3.30. The van der Waals surface area contributed by atoms with Crippen LogP contribution in [0, 0.1) is 5.41 Å². The van der Waals surface area contributed by atoms with Crippen molar-refractivity contribution in [1.29, 1.82) is 0 Å². The van der Waals surface area contributed by atoms with Crippen molar-refractivity contribution in [2.75, 3.05) is 22.9 Å². The van der Waals surface area contributed by atoms with Crippen molar-refractivity contribution < 1.29 is 24.2 Å². The Hall–Kier alpha value is -4.33. The zero-order valence-corrected chi connectivity index (χ0v) is 22.9. The number of para-hydroxylation sites is 1. The Morgan fingerprint density at radius 1 is 0.975 bits per heavy atom. The Bertz CT molecular complexity index is 1400. The summed E-state index contributed by atoms with van der Waals surface area (Å²) < 4.78 is 5.40. The third kappa shape index (κ3) is 5.13. The van der Waals surface area contributed by atoms with Gasteiger partial charge in [0.1, 0.15) is 12.8 Å². The lowest BCUT2D eigenvalue weighted by molar-refractivity contribution is -0.118. The molecule has 2 N–H and O–H groups in total. The molecule has 2 heterocycles. The minimum Gasteiger partial charge on any atom is -0.478 e. The van der Waals surface area contributed by atoms with E-state index < -0.39 is 12.1 Å². The van der Waals surface area contributed by atoms with E-state index >= 15 is 0 Å². The predicted molar refractivity (Wildman–Crippen MR) is 154 cm³/mol. The van der Waals surface area contributed by atoms with Crippen LogP contribution in [0.25, 0.3) is 0 Å². The van der Waals surface area contributed by atoms with Crippen LogP contribution in [0.15, 0.2) is 72.8 Å². The Balaban J connectivity index is 1.47. The summed E-state index contributed by atoms with van der Waals surface area (Å²) in [5.74, 6) is -0.926. The Morgan fingerprint density at radius 3 is 2.42 bits per heavy atom. The number of carbonyl (C=O) groups is 3. The third-order valence-electron chi connectivity index (χ3n) is 8.37. The first kappa shape index (κ1) is 27.2. The van der Waals surface area contributed by atoms with Gasteiger partial charge in [0, 0.05) is 29.9 Å². The van der Waals surface area contributed by atoms with Gasteiger partial charge in [0.2, 0.25) is 5.91 Å². The highest BCUT2D eigenvalue weighted by Gasteiger charge is 2.50. The molecular formula is C32H35N3O5. The van der Waals surface area contributed by atoms with Crippen LogP contribution in [0.4, 0.5) is 16.2 Å². The highest BCUT2D eigenvalue weighted by atomic mass is 16.5. The molecule has 0 aliphatic carbocycles. The zero-order chi connectivity index (χ0) is 28.3. The maximum atomic E-state index is 13.6. The predicted octanol–water partition coefficient (Wildman–Crippen LogP) is 5.40. The molecule has 0 saturated heterocycles. The standard InChI is InChI=1S/C32H35N3O5/c1-3-32(4-2)20-25-18-24(29(37)38)14-15-26(25)34(17-16-33-31(39)40-21-22-10-6-5-7-11-22)30(32)35-27-13-9-8-12-23(27)19-28(35)36/h5-15,18,30H,3-4,16-17,19-21H2,1-2H3,(H,33,39)(H,37,38). The maximum Gasteiger partial charge on any atom is 0.407 e. The SMILES string of the molecule is CCC1(CC)Cc2cc(C(=O)O)ccc2N(CCNC(=O)OCc2ccccc2)C1N1C(=O)Cc2ccccc21. The van der Waals surface area contributed by atoms with Crippen LogP contribution in [-0.4, -0.2) is 42.3 Å². The van der Waals surface area contributed by atoms with E-state index in [9.17, 15) is 19.5 Å². The minimum atomic E-state index is -0.971. The van der Waals surface area contributed by atoms with Crippen molar-refractivity contribution in [3.8, 4) is 0 Å². The molecule has 40 heavy (non-hydrogen) atoms. The molecule has 8 heteroatoms. The molecular weight excluding hydrogens is 506 g/mol. The minimum absolute atomic E-state index is 0.0447. The van der Waals surface area contributed by atoms with Gasteiger partial charge in [0.05, 0.1) is 12.0 Å². The molecule has 3 aromatic carbocycles. The van der Waals surface area contributed by atoms with E-state index in [4.69, 9.17) is 4.74 Å². The molecule has 208 valence electrons. The molecule has 0 bridgehead atoms. The van der Waals surface area contributed by atoms with Gasteiger partial charge in [-0.1, -0.05) is 62.4 Å². The molecule has 8 nitrogen and oxygen atoms in total. The highest BCUT2D eigenvalue weighted by Crippen LogP contribution is 2.49. The normalized spacial score (nSPS) is 17.2. The molecule has 1 unspecified atom stereocenters. The van der Waals surface area contributed by atoms with Crippen molar-refractivity contribution in [2.24, 2.45) is 5.41 Å². The first-order valence-corrected chi connectivity index (χ1v) is 13.8. The number of benzene rings is 3. The van der Waals surface area contributed by atoms with E-state index in [0.29, 0.717) is 19.4 Å². The first-order valence-electron chi connectivity index (χ1n) is 13.8. The quantitative estimate of drug-likeness (QED) is 0.377. The van der Waals surface area contributed by atoms with E-state index in [0.717, 1.165) is 40.9 Å². The van der Waals surface area contributed by atoms with Crippen molar-refractivity contribution in [1.82, 2.24) is 5.32 Å².